The lowest BCUT2D eigenvalue weighted by Gasteiger charge is -2.42. The van der Waals surface area contributed by atoms with Gasteiger partial charge in [0, 0.05) is 23.5 Å². The van der Waals surface area contributed by atoms with Gasteiger partial charge in [0.2, 0.25) is 0 Å². The number of aliphatic hydroxyl groups excluding tert-OH is 1. The van der Waals surface area contributed by atoms with Crippen LogP contribution in [0, 0.1) is 5.92 Å². The number of hydrogen-bond donors (Lipinski definition) is 1. The largest absolute Gasteiger partial charge is 0.444 e. The number of carbonyl (C=O) groups excluding carboxylic acids is 1. The smallest absolute Gasteiger partial charge is 0.410 e. The van der Waals surface area contributed by atoms with Gasteiger partial charge in [-0.05, 0) is 38.5 Å². The first kappa shape index (κ1) is 15.3. The zero-order chi connectivity index (χ0) is 14.9. The zero-order valence-corrected chi connectivity index (χ0v) is 13.6. The number of hydrogen-bond acceptors (Lipinski definition) is 3. The van der Waals surface area contributed by atoms with Gasteiger partial charge in [0.05, 0.1) is 6.10 Å². The first-order valence-electron chi connectivity index (χ1n) is 6.68. The van der Waals surface area contributed by atoms with Crippen molar-refractivity contribution >= 4 is 22.0 Å². The summed E-state index contributed by atoms with van der Waals surface area (Å²) in [4.78, 5) is 13.4. The summed E-state index contributed by atoms with van der Waals surface area (Å²) in [5.74, 6) is 0.0729. The highest BCUT2D eigenvalue weighted by molar-refractivity contribution is 9.10. The first-order chi connectivity index (χ1) is 9.26. The third-order valence-corrected chi connectivity index (χ3v) is 3.75. The average molecular weight is 342 g/mol. The van der Waals surface area contributed by atoms with Crippen LogP contribution in [0.3, 0.4) is 0 Å². The third-order valence-electron chi connectivity index (χ3n) is 3.22. The van der Waals surface area contributed by atoms with Gasteiger partial charge in [-0.3, -0.25) is 0 Å². The zero-order valence-electron chi connectivity index (χ0n) is 12.0. The van der Waals surface area contributed by atoms with Crippen molar-refractivity contribution in [3.63, 3.8) is 0 Å². The van der Waals surface area contributed by atoms with Crippen molar-refractivity contribution in [3.05, 3.63) is 34.3 Å². The summed E-state index contributed by atoms with van der Waals surface area (Å²) in [6, 6.07) is 7.60. The molecule has 4 nitrogen and oxygen atoms in total. The molecule has 0 spiro atoms. The molecular formula is C15H20BrNO3. The number of benzene rings is 1. The minimum atomic E-state index is -0.540. The van der Waals surface area contributed by atoms with Gasteiger partial charge in [-0.1, -0.05) is 28.1 Å². The maximum Gasteiger partial charge on any atom is 0.410 e. The Bertz CT molecular complexity index is 475. The standard InChI is InChI=1S/C15H20BrNO3/c1-15(2,3)20-14(19)17-8-11(9-17)13(18)10-4-6-12(16)7-5-10/h4-7,11,13,18H,8-9H2,1-3H3. The lowest BCUT2D eigenvalue weighted by atomic mass is 9.89. The van der Waals surface area contributed by atoms with Gasteiger partial charge in [-0.2, -0.15) is 0 Å². The fourth-order valence-electron chi connectivity index (χ4n) is 2.12. The number of likely N-dealkylation sites (tertiary alicyclic amines) is 1. The van der Waals surface area contributed by atoms with E-state index in [2.05, 4.69) is 15.9 Å². The van der Waals surface area contributed by atoms with Crippen LogP contribution in [0.15, 0.2) is 28.7 Å². The highest BCUT2D eigenvalue weighted by Crippen LogP contribution is 2.31. The highest BCUT2D eigenvalue weighted by Gasteiger charge is 2.38. The van der Waals surface area contributed by atoms with Crippen molar-refractivity contribution < 1.29 is 14.6 Å². The highest BCUT2D eigenvalue weighted by atomic mass is 79.9. The lowest BCUT2D eigenvalue weighted by molar-refractivity contribution is -0.0314. The molecule has 0 aliphatic carbocycles. The molecule has 1 N–H and O–H groups in total. The van der Waals surface area contributed by atoms with E-state index in [1.54, 1.807) is 4.90 Å². The van der Waals surface area contributed by atoms with Crippen LogP contribution in [0.4, 0.5) is 4.79 Å². The molecule has 110 valence electrons. The molecule has 0 saturated carbocycles. The Hall–Kier alpha value is -1.07. The van der Waals surface area contributed by atoms with Crippen LogP contribution in [0.25, 0.3) is 0 Å². The number of carbonyl (C=O) groups is 1. The molecule has 1 aliphatic rings. The van der Waals surface area contributed by atoms with Gasteiger partial charge in [0.1, 0.15) is 5.60 Å². The second-order valence-electron chi connectivity index (χ2n) is 6.14. The Labute approximate surface area is 127 Å². The van der Waals surface area contributed by atoms with E-state index in [0.717, 1.165) is 10.0 Å². The Morgan fingerprint density at radius 2 is 1.90 bits per heavy atom. The Kier molecular flexibility index (Phi) is 4.39. The van der Waals surface area contributed by atoms with E-state index >= 15 is 0 Å². The molecule has 1 unspecified atom stereocenters. The van der Waals surface area contributed by atoms with E-state index in [9.17, 15) is 9.90 Å². The molecule has 20 heavy (non-hydrogen) atoms. The number of rotatable bonds is 2. The van der Waals surface area contributed by atoms with Crippen LogP contribution < -0.4 is 0 Å². The molecule has 0 bridgehead atoms. The van der Waals surface area contributed by atoms with Crippen molar-refractivity contribution in [3.8, 4) is 0 Å². The van der Waals surface area contributed by atoms with E-state index in [0.29, 0.717) is 13.1 Å². The molecule has 1 amide bonds. The topological polar surface area (TPSA) is 49.8 Å². The monoisotopic (exact) mass is 341 g/mol. The van der Waals surface area contributed by atoms with Crippen molar-refractivity contribution in [2.75, 3.05) is 13.1 Å². The minimum absolute atomic E-state index is 0.0729. The molecule has 1 aromatic carbocycles. The normalized spacial score (nSPS) is 17.6. The molecule has 1 heterocycles. The first-order valence-corrected chi connectivity index (χ1v) is 7.47. The lowest BCUT2D eigenvalue weighted by Crippen LogP contribution is -2.53. The Balaban J connectivity index is 1.87. The van der Waals surface area contributed by atoms with Crippen molar-refractivity contribution in [1.29, 1.82) is 0 Å². The van der Waals surface area contributed by atoms with Gasteiger partial charge in [-0.15, -0.1) is 0 Å². The van der Waals surface area contributed by atoms with Gasteiger partial charge < -0.3 is 14.7 Å². The minimum Gasteiger partial charge on any atom is -0.444 e. The van der Waals surface area contributed by atoms with Crippen LogP contribution in [-0.4, -0.2) is 34.8 Å². The number of aliphatic hydroxyl groups is 1. The predicted molar refractivity (Wildman–Crippen MR) is 80.4 cm³/mol. The summed E-state index contributed by atoms with van der Waals surface area (Å²) < 4.78 is 6.27. The van der Waals surface area contributed by atoms with E-state index in [4.69, 9.17) is 4.74 Å². The molecule has 1 fully saturated rings. The summed E-state index contributed by atoms with van der Waals surface area (Å²) in [5.41, 5.74) is 0.397. The molecule has 0 aromatic heterocycles. The van der Waals surface area contributed by atoms with Gasteiger partial charge in [0.25, 0.3) is 0 Å². The number of ether oxygens (including phenoxy) is 1. The third kappa shape index (κ3) is 3.73. The molecule has 1 saturated heterocycles. The Morgan fingerprint density at radius 1 is 1.35 bits per heavy atom. The predicted octanol–water partition coefficient (Wildman–Crippen LogP) is 3.35. The SMILES string of the molecule is CC(C)(C)OC(=O)N1CC(C(O)c2ccc(Br)cc2)C1. The van der Waals surface area contributed by atoms with Crippen LogP contribution in [-0.2, 0) is 4.74 Å². The summed E-state index contributed by atoms with van der Waals surface area (Å²) in [7, 11) is 0. The molecule has 2 rings (SSSR count). The van der Waals surface area contributed by atoms with E-state index < -0.39 is 11.7 Å². The maximum absolute atomic E-state index is 11.8. The van der Waals surface area contributed by atoms with Crippen molar-refractivity contribution in [2.45, 2.75) is 32.5 Å². The van der Waals surface area contributed by atoms with E-state index in [1.807, 2.05) is 45.0 Å². The molecule has 1 atom stereocenters. The fourth-order valence-corrected chi connectivity index (χ4v) is 2.38. The maximum atomic E-state index is 11.8. The number of nitrogens with zero attached hydrogens (tertiary/aromatic N) is 1. The van der Waals surface area contributed by atoms with E-state index in [-0.39, 0.29) is 12.0 Å². The van der Waals surface area contributed by atoms with Crippen LogP contribution in [0.1, 0.15) is 32.4 Å². The summed E-state index contributed by atoms with van der Waals surface area (Å²) in [6.45, 7) is 6.61. The molecule has 1 aromatic rings. The van der Waals surface area contributed by atoms with Gasteiger partial charge >= 0.3 is 6.09 Å². The average Bonchev–Trinajstić information content (AvgIpc) is 2.25. The van der Waals surface area contributed by atoms with Gasteiger partial charge in [-0.25, -0.2) is 4.79 Å². The molecule has 1 aliphatic heterocycles. The van der Waals surface area contributed by atoms with Crippen molar-refractivity contribution in [2.24, 2.45) is 5.92 Å². The molecular weight excluding hydrogens is 322 g/mol. The van der Waals surface area contributed by atoms with Gasteiger partial charge in [0.15, 0.2) is 0 Å². The van der Waals surface area contributed by atoms with Crippen LogP contribution in [0.5, 0.6) is 0 Å². The summed E-state index contributed by atoms with van der Waals surface area (Å²) in [6.07, 6.45) is -0.849. The second-order valence-corrected chi connectivity index (χ2v) is 7.06. The van der Waals surface area contributed by atoms with Crippen molar-refractivity contribution in [1.82, 2.24) is 4.90 Å². The number of halogens is 1. The summed E-state index contributed by atoms with van der Waals surface area (Å²) in [5, 5.41) is 10.3. The number of amides is 1. The summed E-state index contributed by atoms with van der Waals surface area (Å²) >= 11 is 3.37. The van der Waals surface area contributed by atoms with Crippen LogP contribution >= 0.6 is 15.9 Å². The van der Waals surface area contributed by atoms with E-state index in [1.165, 1.54) is 0 Å². The fraction of sp³-hybridized carbons (Fsp3) is 0.533. The quantitative estimate of drug-likeness (QED) is 0.897. The Morgan fingerprint density at radius 3 is 2.40 bits per heavy atom. The molecule has 5 heteroatoms. The second kappa shape index (κ2) is 5.74. The van der Waals surface area contributed by atoms with Crippen LogP contribution in [0.2, 0.25) is 0 Å². The molecule has 0 radical (unpaired) electrons.